The summed E-state index contributed by atoms with van der Waals surface area (Å²) in [6, 6.07) is 0. The van der Waals surface area contributed by atoms with Gasteiger partial charge in [0.15, 0.2) is 0 Å². The highest BCUT2D eigenvalue weighted by Gasteiger charge is 2.42. The van der Waals surface area contributed by atoms with Crippen LogP contribution in [0.3, 0.4) is 0 Å². The van der Waals surface area contributed by atoms with Crippen molar-refractivity contribution in [3.63, 3.8) is 0 Å². The van der Waals surface area contributed by atoms with E-state index >= 15 is 0 Å². The number of rotatable bonds is 4. The number of carbonyl (C=O) groups excluding carboxylic acids is 1. The molecular formula is C18H29NO3. The number of amides is 1. The molecule has 1 spiro atoms. The third-order valence-corrected chi connectivity index (χ3v) is 5.58. The van der Waals surface area contributed by atoms with Crippen LogP contribution >= 0.6 is 0 Å². The summed E-state index contributed by atoms with van der Waals surface area (Å²) in [5, 5.41) is 0. The van der Waals surface area contributed by atoms with Gasteiger partial charge < -0.3 is 14.4 Å². The lowest BCUT2D eigenvalue weighted by atomic mass is 9.76. The second-order valence-corrected chi connectivity index (χ2v) is 7.26. The zero-order chi connectivity index (χ0) is 15.4. The Balaban J connectivity index is 1.47. The highest BCUT2D eigenvalue weighted by Crippen LogP contribution is 2.42. The Hall–Kier alpha value is -0.870. The predicted octanol–water partition coefficient (Wildman–Crippen LogP) is 2.92. The lowest BCUT2D eigenvalue weighted by Crippen LogP contribution is -2.43. The van der Waals surface area contributed by atoms with E-state index in [1.165, 1.54) is 18.4 Å². The molecule has 0 radical (unpaired) electrons. The number of methoxy groups -OCH3 is 1. The molecule has 4 heteroatoms. The molecule has 0 aromatic rings. The summed E-state index contributed by atoms with van der Waals surface area (Å²) in [6.45, 7) is 3.33. The van der Waals surface area contributed by atoms with E-state index < -0.39 is 0 Å². The van der Waals surface area contributed by atoms with Gasteiger partial charge in [0.2, 0.25) is 5.91 Å². The predicted molar refractivity (Wildman–Crippen MR) is 85.6 cm³/mol. The van der Waals surface area contributed by atoms with E-state index in [9.17, 15) is 4.79 Å². The van der Waals surface area contributed by atoms with E-state index in [0.717, 1.165) is 51.8 Å². The Morgan fingerprint density at radius 1 is 1.41 bits per heavy atom. The second kappa shape index (κ2) is 7.14. The maximum absolute atomic E-state index is 12.5. The molecule has 0 saturated carbocycles. The fraction of sp³-hybridized carbons (Fsp3) is 0.833. The minimum atomic E-state index is 0.250. The van der Waals surface area contributed by atoms with E-state index in [2.05, 4.69) is 11.0 Å². The molecular weight excluding hydrogens is 278 g/mol. The summed E-state index contributed by atoms with van der Waals surface area (Å²) in [7, 11) is 1.73. The first-order valence-corrected chi connectivity index (χ1v) is 8.77. The van der Waals surface area contributed by atoms with Crippen molar-refractivity contribution < 1.29 is 14.3 Å². The topological polar surface area (TPSA) is 38.8 Å². The van der Waals surface area contributed by atoms with Crippen molar-refractivity contribution in [3.8, 4) is 0 Å². The third-order valence-electron chi connectivity index (χ3n) is 5.58. The van der Waals surface area contributed by atoms with Crippen molar-refractivity contribution in [2.24, 2.45) is 5.41 Å². The first-order chi connectivity index (χ1) is 10.7. The van der Waals surface area contributed by atoms with Gasteiger partial charge in [0, 0.05) is 26.6 Å². The number of hydrogen-bond acceptors (Lipinski definition) is 3. The summed E-state index contributed by atoms with van der Waals surface area (Å²) >= 11 is 0. The largest absolute Gasteiger partial charge is 0.382 e. The minimum Gasteiger partial charge on any atom is -0.382 e. The Kier molecular flexibility index (Phi) is 5.19. The van der Waals surface area contributed by atoms with E-state index in [-0.39, 0.29) is 6.10 Å². The molecule has 1 amide bonds. The van der Waals surface area contributed by atoms with Gasteiger partial charge in [-0.3, -0.25) is 4.79 Å². The Bertz CT molecular complexity index is 424. The van der Waals surface area contributed by atoms with Crippen LogP contribution in [0.15, 0.2) is 11.6 Å². The average molecular weight is 307 g/mol. The summed E-state index contributed by atoms with van der Waals surface area (Å²) < 4.78 is 11.1. The summed E-state index contributed by atoms with van der Waals surface area (Å²) in [4.78, 5) is 14.5. The monoisotopic (exact) mass is 307 g/mol. The van der Waals surface area contributed by atoms with Crippen molar-refractivity contribution in [2.45, 2.75) is 57.5 Å². The van der Waals surface area contributed by atoms with Crippen LogP contribution in [0.5, 0.6) is 0 Å². The zero-order valence-electron chi connectivity index (χ0n) is 13.8. The molecule has 0 aromatic heterocycles. The Morgan fingerprint density at radius 3 is 2.91 bits per heavy atom. The van der Waals surface area contributed by atoms with Crippen molar-refractivity contribution in [3.05, 3.63) is 11.6 Å². The zero-order valence-corrected chi connectivity index (χ0v) is 13.8. The molecule has 2 aliphatic heterocycles. The van der Waals surface area contributed by atoms with E-state index in [0.29, 0.717) is 24.3 Å². The van der Waals surface area contributed by atoms with Gasteiger partial charge in [-0.2, -0.15) is 0 Å². The van der Waals surface area contributed by atoms with E-state index in [1.54, 1.807) is 7.11 Å². The molecule has 1 aliphatic carbocycles. The molecule has 1 unspecified atom stereocenters. The number of nitrogens with zero attached hydrogens (tertiary/aromatic N) is 1. The van der Waals surface area contributed by atoms with Gasteiger partial charge in [-0.25, -0.2) is 0 Å². The van der Waals surface area contributed by atoms with E-state index in [4.69, 9.17) is 9.47 Å². The molecule has 3 rings (SSSR count). The van der Waals surface area contributed by atoms with Gasteiger partial charge in [-0.15, -0.1) is 0 Å². The maximum Gasteiger partial charge on any atom is 0.226 e. The van der Waals surface area contributed by atoms with Crippen molar-refractivity contribution in [2.75, 3.05) is 33.4 Å². The van der Waals surface area contributed by atoms with Gasteiger partial charge in [0.1, 0.15) is 0 Å². The van der Waals surface area contributed by atoms with Crippen molar-refractivity contribution >= 4 is 5.91 Å². The molecule has 2 saturated heterocycles. The number of ether oxygens (including phenoxy) is 2. The molecule has 2 heterocycles. The molecule has 3 aliphatic rings. The van der Waals surface area contributed by atoms with Crippen LogP contribution in [0.2, 0.25) is 0 Å². The molecule has 0 N–H and O–H groups in total. The number of allylic oxidation sites excluding steroid dienone is 1. The number of piperidine rings is 1. The first kappa shape index (κ1) is 16.0. The molecule has 0 aromatic carbocycles. The Morgan fingerprint density at radius 2 is 2.23 bits per heavy atom. The molecule has 1 atom stereocenters. The average Bonchev–Trinajstić information content (AvgIpc) is 2.92. The summed E-state index contributed by atoms with van der Waals surface area (Å²) in [5.41, 5.74) is 1.66. The molecule has 22 heavy (non-hydrogen) atoms. The lowest BCUT2D eigenvalue weighted by molar-refractivity contribution is -0.132. The van der Waals surface area contributed by atoms with E-state index in [1.807, 2.05) is 0 Å². The van der Waals surface area contributed by atoms with Gasteiger partial charge >= 0.3 is 0 Å². The highest BCUT2D eigenvalue weighted by atomic mass is 16.5. The number of carbonyl (C=O) groups is 1. The second-order valence-electron chi connectivity index (χ2n) is 7.26. The van der Waals surface area contributed by atoms with Gasteiger partial charge in [0.25, 0.3) is 0 Å². The maximum atomic E-state index is 12.5. The van der Waals surface area contributed by atoms with Crippen LogP contribution in [0, 0.1) is 5.41 Å². The summed E-state index contributed by atoms with van der Waals surface area (Å²) in [5.74, 6) is 0.329. The van der Waals surface area contributed by atoms with Crippen LogP contribution in [0.25, 0.3) is 0 Å². The fourth-order valence-electron chi connectivity index (χ4n) is 4.14. The van der Waals surface area contributed by atoms with Crippen molar-refractivity contribution in [1.82, 2.24) is 4.90 Å². The molecule has 2 fully saturated rings. The van der Waals surface area contributed by atoms with Crippen LogP contribution in [0.4, 0.5) is 0 Å². The first-order valence-electron chi connectivity index (χ1n) is 8.77. The fourth-order valence-corrected chi connectivity index (χ4v) is 4.14. The van der Waals surface area contributed by atoms with Crippen molar-refractivity contribution in [1.29, 1.82) is 0 Å². The molecule has 124 valence electrons. The molecule has 0 bridgehead atoms. The van der Waals surface area contributed by atoms with Crippen LogP contribution < -0.4 is 0 Å². The number of likely N-dealkylation sites (tertiary alicyclic amines) is 1. The third kappa shape index (κ3) is 3.72. The van der Waals surface area contributed by atoms with Crippen LogP contribution in [-0.4, -0.2) is 50.3 Å². The van der Waals surface area contributed by atoms with Gasteiger partial charge in [-0.05, 0) is 50.4 Å². The minimum absolute atomic E-state index is 0.250. The SMILES string of the molecule is COCC1CC2(CCN(C(=O)CC3=CCCCC3)CC2)CO1. The molecule has 4 nitrogen and oxygen atoms in total. The lowest BCUT2D eigenvalue weighted by Gasteiger charge is -2.38. The summed E-state index contributed by atoms with van der Waals surface area (Å²) in [6.07, 6.45) is 11.2. The highest BCUT2D eigenvalue weighted by molar-refractivity contribution is 5.78. The smallest absolute Gasteiger partial charge is 0.226 e. The van der Waals surface area contributed by atoms with Gasteiger partial charge in [0.05, 0.1) is 19.3 Å². The standard InChI is InChI=1S/C18H29NO3/c1-21-13-16-12-18(14-22-16)7-9-19(10-8-18)17(20)11-15-5-3-2-4-6-15/h5,16H,2-4,6-14H2,1H3. The normalized spacial score (nSPS) is 28.0. The van der Waals surface area contributed by atoms with Crippen LogP contribution in [-0.2, 0) is 14.3 Å². The number of hydrogen-bond donors (Lipinski definition) is 0. The van der Waals surface area contributed by atoms with Gasteiger partial charge in [-0.1, -0.05) is 11.6 Å². The van der Waals surface area contributed by atoms with Crippen LogP contribution in [0.1, 0.15) is 51.4 Å². The quantitative estimate of drug-likeness (QED) is 0.750. The Labute approximate surface area is 133 Å².